The van der Waals surface area contributed by atoms with Gasteiger partial charge in [0, 0.05) is 17.5 Å². The lowest BCUT2D eigenvalue weighted by Gasteiger charge is -2.26. The summed E-state index contributed by atoms with van der Waals surface area (Å²) >= 11 is 0. The molecule has 0 radical (unpaired) electrons. The van der Waals surface area contributed by atoms with Crippen molar-refractivity contribution >= 4 is 11.6 Å². The van der Waals surface area contributed by atoms with Gasteiger partial charge in [-0.2, -0.15) is 0 Å². The predicted molar refractivity (Wildman–Crippen MR) is 100 cm³/mol. The number of hydrogen-bond acceptors (Lipinski definition) is 4. The maximum atomic E-state index is 12.4. The molecule has 2 aromatic carbocycles. The quantitative estimate of drug-likeness (QED) is 0.866. The van der Waals surface area contributed by atoms with Gasteiger partial charge in [0.05, 0.1) is 13.7 Å². The highest BCUT2D eigenvalue weighted by atomic mass is 16.5. The molecule has 26 heavy (non-hydrogen) atoms. The lowest BCUT2D eigenvalue weighted by Crippen LogP contribution is -2.35. The van der Waals surface area contributed by atoms with Crippen molar-refractivity contribution in [1.82, 2.24) is 0 Å². The molecule has 0 aliphatic carbocycles. The highest BCUT2D eigenvalue weighted by molar-refractivity contribution is 5.96. The van der Waals surface area contributed by atoms with E-state index in [1.54, 1.807) is 12.0 Å². The summed E-state index contributed by atoms with van der Waals surface area (Å²) in [5, 5.41) is 9.52. The van der Waals surface area contributed by atoms with Crippen LogP contribution in [0.4, 0.5) is 5.69 Å². The number of anilines is 1. The van der Waals surface area contributed by atoms with Crippen LogP contribution in [0.1, 0.15) is 25.0 Å². The second kappa shape index (κ2) is 7.48. The second-order valence-electron chi connectivity index (χ2n) is 7.17. The zero-order chi connectivity index (χ0) is 18.7. The maximum absolute atomic E-state index is 12.4. The Hall–Kier alpha value is -2.37. The number of rotatable bonds is 6. The first kappa shape index (κ1) is 18.4. The molecular weight excluding hydrogens is 330 g/mol. The molecule has 5 heteroatoms. The van der Waals surface area contributed by atoms with Crippen molar-refractivity contribution in [3.05, 3.63) is 59.7 Å². The first-order chi connectivity index (χ1) is 12.4. The van der Waals surface area contributed by atoms with Crippen LogP contribution in [0.3, 0.4) is 0 Å². The third kappa shape index (κ3) is 3.74. The fourth-order valence-electron chi connectivity index (χ4n) is 3.10. The number of methoxy groups -OCH3 is 1. The van der Waals surface area contributed by atoms with E-state index in [4.69, 9.17) is 9.47 Å². The van der Waals surface area contributed by atoms with Crippen molar-refractivity contribution in [2.45, 2.75) is 31.9 Å². The largest absolute Gasteiger partial charge is 0.497 e. The zero-order valence-corrected chi connectivity index (χ0v) is 15.4. The van der Waals surface area contributed by atoms with Crippen molar-refractivity contribution in [2.24, 2.45) is 0 Å². The summed E-state index contributed by atoms with van der Waals surface area (Å²) in [6.45, 7) is 4.12. The molecule has 1 aliphatic rings. The molecular formula is C21H25NO4. The van der Waals surface area contributed by atoms with Crippen molar-refractivity contribution in [2.75, 3.05) is 25.2 Å². The molecule has 1 heterocycles. The number of aliphatic hydroxyl groups excluding tert-OH is 1. The van der Waals surface area contributed by atoms with Gasteiger partial charge in [-0.1, -0.05) is 38.1 Å². The molecule has 0 aromatic heterocycles. The fourth-order valence-corrected chi connectivity index (χ4v) is 3.10. The molecule has 0 bridgehead atoms. The molecule has 3 rings (SSSR count). The summed E-state index contributed by atoms with van der Waals surface area (Å²) in [5.74, 6) is 0.737. The number of aliphatic hydroxyl groups is 1. The number of benzene rings is 2. The molecule has 138 valence electrons. The van der Waals surface area contributed by atoms with Gasteiger partial charge in [0.25, 0.3) is 5.91 Å². The van der Waals surface area contributed by atoms with E-state index in [9.17, 15) is 9.90 Å². The number of amides is 1. The van der Waals surface area contributed by atoms with E-state index in [-0.39, 0.29) is 30.8 Å². The predicted octanol–water partition coefficient (Wildman–Crippen LogP) is 2.90. The van der Waals surface area contributed by atoms with Crippen LogP contribution in [-0.4, -0.2) is 37.6 Å². The molecule has 1 fully saturated rings. The van der Waals surface area contributed by atoms with E-state index in [0.717, 1.165) is 22.6 Å². The van der Waals surface area contributed by atoms with Crippen LogP contribution < -0.4 is 9.64 Å². The van der Waals surface area contributed by atoms with Crippen molar-refractivity contribution in [1.29, 1.82) is 0 Å². The van der Waals surface area contributed by atoms with Crippen LogP contribution in [0.25, 0.3) is 0 Å². The normalized spacial score (nSPS) is 17.6. The minimum Gasteiger partial charge on any atom is -0.497 e. The van der Waals surface area contributed by atoms with Gasteiger partial charge in [0.1, 0.15) is 18.6 Å². The Kier molecular flexibility index (Phi) is 5.30. The average Bonchev–Trinajstić information content (AvgIpc) is 3.02. The van der Waals surface area contributed by atoms with Gasteiger partial charge in [-0.15, -0.1) is 0 Å². The van der Waals surface area contributed by atoms with Gasteiger partial charge in [-0.3, -0.25) is 9.69 Å². The number of ether oxygens (including phenoxy) is 2. The van der Waals surface area contributed by atoms with E-state index in [1.165, 1.54) is 0 Å². The first-order valence-corrected chi connectivity index (χ1v) is 8.72. The molecule has 1 saturated heterocycles. The van der Waals surface area contributed by atoms with Crippen molar-refractivity contribution in [3.8, 4) is 5.75 Å². The Labute approximate surface area is 154 Å². The van der Waals surface area contributed by atoms with Gasteiger partial charge in [0.15, 0.2) is 0 Å². The molecule has 1 unspecified atom stereocenters. The molecule has 0 saturated carbocycles. The Morgan fingerprint density at radius 2 is 1.96 bits per heavy atom. The molecule has 0 spiro atoms. The van der Waals surface area contributed by atoms with E-state index >= 15 is 0 Å². The van der Waals surface area contributed by atoms with E-state index in [2.05, 4.69) is 0 Å². The SMILES string of the molecule is COc1cccc(CC2OCC(=O)N2c2ccc(C(C)(C)CO)cc2)c1. The third-order valence-corrected chi connectivity index (χ3v) is 4.82. The molecule has 1 N–H and O–H groups in total. The first-order valence-electron chi connectivity index (χ1n) is 8.72. The summed E-state index contributed by atoms with van der Waals surface area (Å²) in [6, 6.07) is 15.5. The van der Waals surface area contributed by atoms with Crippen molar-refractivity contribution < 1.29 is 19.4 Å². The minimum absolute atomic E-state index is 0.0490. The Balaban J connectivity index is 1.81. The van der Waals surface area contributed by atoms with Crippen LogP contribution in [-0.2, 0) is 21.4 Å². The Morgan fingerprint density at radius 1 is 1.23 bits per heavy atom. The monoisotopic (exact) mass is 355 g/mol. The summed E-state index contributed by atoms with van der Waals surface area (Å²) in [7, 11) is 1.64. The van der Waals surface area contributed by atoms with Crippen molar-refractivity contribution in [3.63, 3.8) is 0 Å². The average molecular weight is 355 g/mol. The minimum atomic E-state index is -0.341. The number of hydrogen-bond donors (Lipinski definition) is 1. The standard InChI is InChI=1S/C21H25NO4/c1-21(2,14-23)16-7-9-17(10-8-16)22-19(24)13-26-20(22)12-15-5-4-6-18(11-15)25-3/h4-11,20,23H,12-14H2,1-3H3. The lowest BCUT2D eigenvalue weighted by atomic mass is 9.85. The van der Waals surface area contributed by atoms with E-state index in [1.807, 2.05) is 62.4 Å². The van der Waals surface area contributed by atoms with Gasteiger partial charge in [-0.25, -0.2) is 0 Å². The van der Waals surface area contributed by atoms with Crippen LogP contribution in [0.5, 0.6) is 5.75 Å². The highest BCUT2D eigenvalue weighted by Gasteiger charge is 2.33. The number of carbonyl (C=O) groups excluding carboxylic acids is 1. The van der Waals surface area contributed by atoms with Crippen LogP contribution in [0.2, 0.25) is 0 Å². The van der Waals surface area contributed by atoms with Gasteiger partial charge in [0.2, 0.25) is 0 Å². The number of carbonyl (C=O) groups is 1. The van der Waals surface area contributed by atoms with Crippen LogP contribution in [0.15, 0.2) is 48.5 Å². The molecule has 1 atom stereocenters. The summed E-state index contributed by atoms with van der Waals surface area (Å²) in [4.78, 5) is 14.1. The van der Waals surface area contributed by atoms with Crippen LogP contribution >= 0.6 is 0 Å². The zero-order valence-electron chi connectivity index (χ0n) is 15.4. The summed E-state index contributed by atoms with van der Waals surface area (Å²) in [5.41, 5.74) is 2.56. The second-order valence-corrected chi connectivity index (χ2v) is 7.17. The van der Waals surface area contributed by atoms with Gasteiger partial charge in [-0.05, 0) is 35.4 Å². The highest BCUT2D eigenvalue weighted by Crippen LogP contribution is 2.29. The molecule has 1 aliphatic heterocycles. The number of nitrogens with zero attached hydrogens (tertiary/aromatic N) is 1. The summed E-state index contributed by atoms with van der Waals surface area (Å²) < 4.78 is 11.0. The topological polar surface area (TPSA) is 59.0 Å². The molecule has 5 nitrogen and oxygen atoms in total. The summed E-state index contributed by atoms with van der Waals surface area (Å²) in [6.07, 6.45) is 0.249. The lowest BCUT2D eigenvalue weighted by molar-refractivity contribution is -0.117. The van der Waals surface area contributed by atoms with E-state index in [0.29, 0.717) is 6.42 Å². The van der Waals surface area contributed by atoms with Gasteiger partial charge >= 0.3 is 0 Å². The molecule has 1 amide bonds. The van der Waals surface area contributed by atoms with Gasteiger partial charge < -0.3 is 14.6 Å². The Morgan fingerprint density at radius 3 is 2.62 bits per heavy atom. The Bertz CT molecular complexity index is 770. The maximum Gasteiger partial charge on any atom is 0.255 e. The fraction of sp³-hybridized carbons (Fsp3) is 0.381. The smallest absolute Gasteiger partial charge is 0.255 e. The third-order valence-electron chi connectivity index (χ3n) is 4.82. The van der Waals surface area contributed by atoms with E-state index < -0.39 is 0 Å². The molecule has 2 aromatic rings. The van der Waals surface area contributed by atoms with Crippen LogP contribution in [0, 0.1) is 0 Å².